The summed E-state index contributed by atoms with van der Waals surface area (Å²) in [6.07, 6.45) is -0.0686. The van der Waals surface area contributed by atoms with E-state index in [2.05, 4.69) is 0 Å². The molecule has 1 aliphatic heterocycles. The maximum Gasteiger partial charge on any atom is 0.306 e. The molecule has 0 spiro atoms. The number of fused-ring (bicyclic) bond motifs is 1. The second kappa shape index (κ2) is 7.53. The normalized spacial score (nSPS) is 12.1. The number of ether oxygens (including phenoxy) is 3. The summed E-state index contributed by atoms with van der Waals surface area (Å²) in [6, 6.07) is 8.50. The van der Waals surface area contributed by atoms with E-state index < -0.39 is 11.8 Å². The van der Waals surface area contributed by atoms with Crippen molar-refractivity contribution in [1.29, 1.82) is 0 Å². The van der Waals surface area contributed by atoms with E-state index in [0.29, 0.717) is 27.6 Å². The van der Waals surface area contributed by atoms with Crippen LogP contribution in [0.3, 0.4) is 0 Å². The third-order valence-electron chi connectivity index (χ3n) is 3.61. The first-order valence-electron chi connectivity index (χ1n) is 7.55. The minimum absolute atomic E-state index is 0.00758. The highest BCUT2D eigenvalue weighted by atomic mass is 35.5. The van der Waals surface area contributed by atoms with Crippen molar-refractivity contribution >= 4 is 23.4 Å². The zero-order chi connectivity index (χ0) is 17.8. The third-order valence-corrected chi connectivity index (χ3v) is 3.89. The van der Waals surface area contributed by atoms with Crippen LogP contribution in [0.5, 0.6) is 11.5 Å². The summed E-state index contributed by atoms with van der Waals surface area (Å²) in [7, 11) is 0. The van der Waals surface area contributed by atoms with Crippen LogP contribution in [0.15, 0.2) is 36.4 Å². The van der Waals surface area contributed by atoms with Crippen molar-refractivity contribution in [2.24, 2.45) is 0 Å². The van der Waals surface area contributed by atoms with Crippen LogP contribution in [0.25, 0.3) is 0 Å². The Morgan fingerprint density at radius 3 is 2.64 bits per heavy atom. The van der Waals surface area contributed by atoms with Gasteiger partial charge in [0.1, 0.15) is 12.4 Å². The van der Waals surface area contributed by atoms with Gasteiger partial charge in [-0.3, -0.25) is 9.59 Å². The first-order valence-corrected chi connectivity index (χ1v) is 7.93. The molecule has 0 saturated carbocycles. The van der Waals surface area contributed by atoms with E-state index >= 15 is 0 Å². The molecular formula is C18H14ClFO5. The van der Waals surface area contributed by atoms with Gasteiger partial charge in [0.25, 0.3) is 0 Å². The molecule has 2 aromatic rings. The lowest BCUT2D eigenvalue weighted by Gasteiger charge is -2.07. The number of carbonyl (C=O) groups is 2. The molecule has 0 unspecified atom stereocenters. The molecule has 7 heteroatoms. The predicted molar refractivity (Wildman–Crippen MR) is 87.3 cm³/mol. The molecule has 0 aromatic heterocycles. The number of hydrogen-bond acceptors (Lipinski definition) is 5. The Morgan fingerprint density at radius 1 is 1.12 bits per heavy atom. The molecule has 1 aliphatic rings. The zero-order valence-corrected chi connectivity index (χ0v) is 13.8. The van der Waals surface area contributed by atoms with Gasteiger partial charge in [-0.1, -0.05) is 11.6 Å². The van der Waals surface area contributed by atoms with Crippen molar-refractivity contribution < 1.29 is 28.2 Å². The van der Waals surface area contributed by atoms with Crippen LogP contribution in [0.1, 0.15) is 28.8 Å². The van der Waals surface area contributed by atoms with E-state index in [1.54, 1.807) is 12.1 Å². The van der Waals surface area contributed by atoms with Crippen LogP contribution in [-0.2, 0) is 16.1 Å². The maximum absolute atomic E-state index is 12.8. The number of hydrogen-bond donors (Lipinski definition) is 0. The van der Waals surface area contributed by atoms with Crippen molar-refractivity contribution in [1.82, 2.24) is 0 Å². The Morgan fingerprint density at radius 2 is 1.88 bits per heavy atom. The molecule has 0 amide bonds. The second-order valence-electron chi connectivity index (χ2n) is 5.40. The summed E-state index contributed by atoms with van der Waals surface area (Å²) in [5, 5.41) is 0.382. The first-order chi connectivity index (χ1) is 12.0. The number of ketones is 1. The standard InChI is InChI=1S/C18H14ClFO5/c19-14-7-11(8-16-18(14)25-10-24-16)9-23-17(22)6-5-15(21)12-1-3-13(20)4-2-12/h1-4,7-8H,5-6,9-10H2. The van der Waals surface area contributed by atoms with Gasteiger partial charge in [-0.05, 0) is 42.0 Å². The van der Waals surface area contributed by atoms with Gasteiger partial charge in [-0.2, -0.15) is 0 Å². The Labute approximate surface area is 148 Å². The van der Waals surface area contributed by atoms with Crippen LogP contribution in [0.4, 0.5) is 4.39 Å². The molecule has 5 nitrogen and oxygen atoms in total. The minimum atomic E-state index is -0.510. The van der Waals surface area contributed by atoms with Gasteiger partial charge in [-0.15, -0.1) is 0 Å². The van der Waals surface area contributed by atoms with Crippen molar-refractivity contribution in [2.45, 2.75) is 19.4 Å². The Bertz CT molecular complexity index is 804. The van der Waals surface area contributed by atoms with Gasteiger partial charge in [0.2, 0.25) is 6.79 Å². The smallest absolute Gasteiger partial charge is 0.306 e. The molecule has 0 bridgehead atoms. The first kappa shape index (κ1) is 17.2. The highest BCUT2D eigenvalue weighted by Gasteiger charge is 2.19. The Balaban J connectivity index is 1.49. The number of rotatable bonds is 6. The van der Waals surface area contributed by atoms with E-state index in [1.807, 2.05) is 0 Å². The van der Waals surface area contributed by atoms with E-state index in [1.165, 1.54) is 24.3 Å². The summed E-state index contributed by atoms with van der Waals surface area (Å²) in [6.45, 7) is 0.115. The molecule has 0 aliphatic carbocycles. The van der Waals surface area contributed by atoms with E-state index in [-0.39, 0.29) is 32.0 Å². The topological polar surface area (TPSA) is 61.8 Å². The number of Topliss-reactive ketones (excluding diaryl/α,β-unsaturated/α-hetero) is 1. The largest absolute Gasteiger partial charge is 0.461 e. The summed E-state index contributed by atoms with van der Waals surface area (Å²) in [5.74, 6) is -0.197. The molecule has 0 radical (unpaired) electrons. The molecule has 130 valence electrons. The molecule has 2 aromatic carbocycles. The van der Waals surface area contributed by atoms with Crippen LogP contribution >= 0.6 is 11.6 Å². The average molecular weight is 365 g/mol. The van der Waals surface area contributed by atoms with Gasteiger partial charge in [-0.25, -0.2) is 4.39 Å². The van der Waals surface area contributed by atoms with Gasteiger partial charge in [0.05, 0.1) is 11.4 Å². The SMILES string of the molecule is O=C(CCC(=O)c1ccc(F)cc1)OCc1cc(Cl)c2c(c1)OCO2. The fourth-order valence-corrected chi connectivity index (χ4v) is 2.62. The zero-order valence-electron chi connectivity index (χ0n) is 13.1. The minimum Gasteiger partial charge on any atom is -0.461 e. The molecule has 0 saturated heterocycles. The van der Waals surface area contributed by atoms with Gasteiger partial charge < -0.3 is 14.2 Å². The number of halogens is 2. The molecular weight excluding hydrogens is 351 g/mol. The van der Waals surface area contributed by atoms with E-state index in [9.17, 15) is 14.0 Å². The predicted octanol–water partition coefficient (Wildman–Crippen LogP) is 3.91. The van der Waals surface area contributed by atoms with Gasteiger partial charge in [0.15, 0.2) is 17.3 Å². The van der Waals surface area contributed by atoms with Crippen LogP contribution in [0.2, 0.25) is 5.02 Å². The lowest BCUT2D eigenvalue weighted by atomic mass is 10.1. The maximum atomic E-state index is 12.8. The summed E-state index contributed by atoms with van der Waals surface area (Å²) in [5.41, 5.74) is 1.02. The van der Waals surface area contributed by atoms with Crippen molar-refractivity contribution in [3.63, 3.8) is 0 Å². The van der Waals surface area contributed by atoms with E-state index in [0.717, 1.165) is 0 Å². The number of benzene rings is 2. The number of esters is 1. The highest BCUT2D eigenvalue weighted by molar-refractivity contribution is 6.32. The average Bonchev–Trinajstić information content (AvgIpc) is 3.07. The monoisotopic (exact) mass is 364 g/mol. The van der Waals surface area contributed by atoms with E-state index in [4.69, 9.17) is 25.8 Å². The van der Waals surface area contributed by atoms with Crippen molar-refractivity contribution in [2.75, 3.05) is 6.79 Å². The quantitative estimate of drug-likeness (QED) is 0.574. The summed E-state index contributed by atoms with van der Waals surface area (Å²) >= 11 is 6.05. The summed E-state index contributed by atoms with van der Waals surface area (Å²) < 4.78 is 28.4. The molecule has 1 heterocycles. The summed E-state index contributed by atoms with van der Waals surface area (Å²) in [4.78, 5) is 23.7. The van der Waals surface area contributed by atoms with Gasteiger partial charge >= 0.3 is 5.97 Å². The fraction of sp³-hybridized carbons (Fsp3) is 0.222. The third kappa shape index (κ3) is 4.28. The molecule has 25 heavy (non-hydrogen) atoms. The molecule has 3 rings (SSSR count). The van der Waals surface area contributed by atoms with Crippen LogP contribution < -0.4 is 9.47 Å². The molecule has 0 fully saturated rings. The van der Waals surface area contributed by atoms with Crippen molar-refractivity contribution in [3.8, 4) is 11.5 Å². The Hall–Kier alpha value is -2.60. The Kier molecular flexibility index (Phi) is 5.19. The van der Waals surface area contributed by atoms with Crippen molar-refractivity contribution in [3.05, 3.63) is 58.4 Å². The second-order valence-corrected chi connectivity index (χ2v) is 5.81. The number of carbonyl (C=O) groups excluding carboxylic acids is 2. The molecule has 0 atom stereocenters. The molecule has 0 N–H and O–H groups in total. The lowest BCUT2D eigenvalue weighted by molar-refractivity contribution is -0.144. The van der Waals surface area contributed by atoms with Crippen LogP contribution in [-0.4, -0.2) is 18.5 Å². The lowest BCUT2D eigenvalue weighted by Crippen LogP contribution is -2.08. The van der Waals surface area contributed by atoms with Crippen LogP contribution in [0, 0.1) is 5.82 Å². The highest BCUT2D eigenvalue weighted by Crippen LogP contribution is 2.39. The van der Waals surface area contributed by atoms with Gasteiger partial charge in [0, 0.05) is 12.0 Å². The fourth-order valence-electron chi connectivity index (χ4n) is 2.34.